The number of amides is 1. The largest absolute Gasteiger partial charge is 0.334 e. The van der Waals surface area contributed by atoms with Gasteiger partial charge in [-0.25, -0.2) is 4.98 Å². The summed E-state index contributed by atoms with van der Waals surface area (Å²) in [5.41, 5.74) is 2.36. The third kappa shape index (κ3) is 2.72. The number of rotatable bonds is 4. The van der Waals surface area contributed by atoms with E-state index >= 15 is 0 Å². The lowest BCUT2D eigenvalue weighted by molar-refractivity contribution is 0.0696. The molecule has 1 amide bonds. The van der Waals surface area contributed by atoms with Crippen molar-refractivity contribution in [2.45, 2.75) is 31.7 Å². The van der Waals surface area contributed by atoms with E-state index in [-0.39, 0.29) is 5.91 Å². The van der Waals surface area contributed by atoms with Crippen LogP contribution in [0.5, 0.6) is 0 Å². The summed E-state index contributed by atoms with van der Waals surface area (Å²) in [6.07, 6.45) is 4.71. The fourth-order valence-corrected chi connectivity index (χ4v) is 3.12. The monoisotopic (exact) mass is 265 g/mol. The number of hydrogen-bond donors (Lipinski definition) is 1. The van der Waals surface area contributed by atoms with Gasteiger partial charge in [-0.3, -0.25) is 4.79 Å². The number of hydrogen-bond acceptors (Lipinski definition) is 4. The van der Waals surface area contributed by atoms with E-state index < -0.39 is 0 Å². The van der Waals surface area contributed by atoms with Gasteiger partial charge >= 0.3 is 0 Å². The molecule has 4 nitrogen and oxygen atoms in total. The predicted octanol–water partition coefficient (Wildman–Crippen LogP) is 1.75. The van der Waals surface area contributed by atoms with Crippen molar-refractivity contribution in [3.63, 3.8) is 0 Å². The van der Waals surface area contributed by atoms with Crippen LogP contribution >= 0.6 is 11.3 Å². The Kier molecular flexibility index (Phi) is 3.61. The van der Waals surface area contributed by atoms with E-state index in [1.807, 2.05) is 5.38 Å². The highest BCUT2D eigenvalue weighted by atomic mass is 32.1. The molecule has 0 atom stereocenters. The van der Waals surface area contributed by atoms with Gasteiger partial charge < -0.3 is 10.2 Å². The molecule has 18 heavy (non-hydrogen) atoms. The molecule has 3 rings (SSSR count). The number of carbonyl (C=O) groups excluding carboxylic acids is 1. The number of piperidine rings is 1. The van der Waals surface area contributed by atoms with Crippen LogP contribution in [0.4, 0.5) is 0 Å². The van der Waals surface area contributed by atoms with E-state index in [9.17, 15) is 4.79 Å². The van der Waals surface area contributed by atoms with Crippen LogP contribution in [0.3, 0.4) is 0 Å². The first-order valence-electron chi connectivity index (χ1n) is 6.74. The number of nitrogens with one attached hydrogen (secondary N) is 1. The molecule has 0 bridgehead atoms. The second-order valence-electron chi connectivity index (χ2n) is 5.26. The Balaban J connectivity index is 1.66. The van der Waals surface area contributed by atoms with Gasteiger partial charge in [-0.05, 0) is 44.7 Å². The summed E-state index contributed by atoms with van der Waals surface area (Å²) in [6, 6.07) is 0.481. The van der Waals surface area contributed by atoms with Crippen LogP contribution in [0.1, 0.15) is 36.2 Å². The summed E-state index contributed by atoms with van der Waals surface area (Å²) in [6.45, 7) is 3.10. The molecule has 1 N–H and O–H groups in total. The van der Waals surface area contributed by atoms with Crippen LogP contribution < -0.4 is 5.32 Å². The van der Waals surface area contributed by atoms with Crippen LogP contribution in [0.25, 0.3) is 0 Å². The first kappa shape index (κ1) is 12.1. The van der Waals surface area contributed by atoms with Gasteiger partial charge in [-0.1, -0.05) is 0 Å². The van der Waals surface area contributed by atoms with Crippen molar-refractivity contribution < 1.29 is 4.79 Å². The van der Waals surface area contributed by atoms with E-state index in [1.54, 1.807) is 5.51 Å². The van der Waals surface area contributed by atoms with Gasteiger partial charge in [0.25, 0.3) is 5.91 Å². The van der Waals surface area contributed by atoms with Gasteiger partial charge in [-0.15, -0.1) is 11.3 Å². The zero-order chi connectivity index (χ0) is 12.4. The van der Waals surface area contributed by atoms with Crippen molar-refractivity contribution in [1.29, 1.82) is 0 Å². The highest BCUT2D eigenvalue weighted by Crippen LogP contribution is 2.30. The summed E-state index contributed by atoms with van der Waals surface area (Å²) in [4.78, 5) is 18.6. The molecule has 0 aromatic carbocycles. The Labute approximate surface area is 111 Å². The Morgan fingerprint density at radius 3 is 2.78 bits per heavy atom. The Hall–Kier alpha value is -0.940. The topological polar surface area (TPSA) is 45.2 Å². The standard InChI is InChI=1S/C13H19N3OS/c17-13(12-8-18-9-15-12)16(11-1-2-11)7-10-3-5-14-6-4-10/h8-11,14H,1-7H2. The van der Waals surface area contributed by atoms with Crippen LogP contribution in [0.2, 0.25) is 0 Å². The van der Waals surface area contributed by atoms with Crippen molar-refractivity contribution in [2.24, 2.45) is 5.92 Å². The van der Waals surface area contributed by atoms with Crippen LogP contribution in [0.15, 0.2) is 10.9 Å². The van der Waals surface area contributed by atoms with E-state index in [1.165, 1.54) is 37.0 Å². The fourth-order valence-electron chi connectivity index (χ4n) is 2.59. The summed E-state index contributed by atoms with van der Waals surface area (Å²) in [5, 5.41) is 5.24. The van der Waals surface area contributed by atoms with Gasteiger partial charge in [-0.2, -0.15) is 0 Å². The molecule has 0 unspecified atom stereocenters. The second kappa shape index (κ2) is 5.36. The van der Waals surface area contributed by atoms with Crippen molar-refractivity contribution in [2.75, 3.05) is 19.6 Å². The maximum atomic E-state index is 12.4. The zero-order valence-electron chi connectivity index (χ0n) is 10.5. The van der Waals surface area contributed by atoms with Gasteiger partial charge in [0.05, 0.1) is 5.51 Å². The van der Waals surface area contributed by atoms with Crippen LogP contribution in [-0.4, -0.2) is 41.5 Å². The summed E-state index contributed by atoms with van der Waals surface area (Å²) in [5.74, 6) is 0.798. The molecule has 1 saturated heterocycles. The molecular formula is C13H19N3OS. The Morgan fingerprint density at radius 2 is 2.17 bits per heavy atom. The number of aromatic nitrogens is 1. The van der Waals surface area contributed by atoms with Crippen molar-refractivity contribution in [3.8, 4) is 0 Å². The third-order valence-electron chi connectivity index (χ3n) is 3.81. The molecule has 1 saturated carbocycles. The molecule has 98 valence electrons. The van der Waals surface area contributed by atoms with Gasteiger partial charge in [0, 0.05) is 18.0 Å². The number of thiazole rings is 1. The molecule has 2 heterocycles. The average Bonchev–Trinajstić information content (AvgIpc) is 3.10. The van der Waals surface area contributed by atoms with Crippen molar-refractivity contribution in [1.82, 2.24) is 15.2 Å². The minimum absolute atomic E-state index is 0.136. The molecule has 0 spiro atoms. The van der Waals surface area contributed by atoms with Crippen molar-refractivity contribution >= 4 is 17.2 Å². The smallest absolute Gasteiger partial charge is 0.273 e. The van der Waals surface area contributed by atoms with Gasteiger partial charge in [0.15, 0.2) is 0 Å². The first-order chi connectivity index (χ1) is 8.84. The van der Waals surface area contributed by atoms with Crippen LogP contribution in [0, 0.1) is 5.92 Å². The quantitative estimate of drug-likeness (QED) is 0.902. The van der Waals surface area contributed by atoms with E-state index in [0.29, 0.717) is 17.7 Å². The highest BCUT2D eigenvalue weighted by molar-refractivity contribution is 7.07. The molecule has 2 aliphatic rings. The molecule has 5 heteroatoms. The fraction of sp³-hybridized carbons (Fsp3) is 0.692. The number of carbonyl (C=O) groups is 1. The van der Waals surface area contributed by atoms with E-state index in [2.05, 4.69) is 15.2 Å². The molecule has 1 aromatic heterocycles. The molecule has 0 radical (unpaired) electrons. The molecule has 1 aliphatic heterocycles. The second-order valence-corrected chi connectivity index (χ2v) is 5.97. The molecule has 1 aromatic rings. The zero-order valence-corrected chi connectivity index (χ0v) is 11.3. The average molecular weight is 265 g/mol. The normalized spacial score (nSPS) is 20.9. The maximum absolute atomic E-state index is 12.4. The Morgan fingerprint density at radius 1 is 1.39 bits per heavy atom. The predicted molar refractivity (Wildman–Crippen MR) is 71.8 cm³/mol. The minimum atomic E-state index is 0.136. The summed E-state index contributed by atoms with van der Waals surface area (Å²) < 4.78 is 0. The molecule has 2 fully saturated rings. The van der Waals surface area contributed by atoms with Gasteiger partial charge in [0.1, 0.15) is 5.69 Å². The first-order valence-corrected chi connectivity index (χ1v) is 7.69. The Bertz CT molecular complexity index is 396. The van der Waals surface area contributed by atoms with Crippen molar-refractivity contribution in [3.05, 3.63) is 16.6 Å². The lowest BCUT2D eigenvalue weighted by Crippen LogP contribution is -2.40. The summed E-state index contributed by atoms with van der Waals surface area (Å²) >= 11 is 1.49. The van der Waals surface area contributed by atoms with E-state index in [4.69, 9.17) is 0 Å². The third-order valence-corrected chi connectivity index (χ3v) is 4.40. The SMILES string of the molecule is O=C(c1cscn1)N(CC1CCNCC1)C1CC1. The van der Waals surface area contributed by atoms with Crippen LogP contribution in [-0.2, 0) is 0 Å². The molecule has 1 aliphatic carbocycles. The summed E-state index contributed by atoms with van der Waals surface area (Å²) in [7, 11) is 0. The minimum Gasteiger partial charge on any atom is -0.334 e. The lowest BCUT2D eigenvalue weighted by Gasteiger charge is -2.29. The maximum Gasteiger partial charge on any atom is 0.273 e. The van der Waals surface area contributed by atoms with Gasteiger partial charge in [0.2, 0.25) is 0 Å². The molecular weight excluding hydrogens is 246 g/mol. The lowest BCUT2D eigenvalue weighted by atomic mass is 9.97. The number of nitrogens with zero attached hydrogens (tertiary/aromatic N) is 2. The highest BCUT2D eigenvalue weighted by Gasteiger charge is 2.35. The van der Waals surface area contributed by atoms with E-state index in [0.717, 1.165) is 19.6 Å².